The van der Waals surface area contributed by atoms with E-state index in [0.29, 0.717) is 48.1 Å². The van der Waals surface area contributed by atoms with E-state index in [1.54, 1.807) is 31.2 Å². The van der Waals surface area contributed by atoms with Crippen molar-refractivity contribution in [3.8, 4) is 0 Å². The van der Waals surface area contributed by atoms with Gasteiger partial charge in [-0.2, -0.15) is 0 Å². The Balaban J connectivity index is 1.70. The van der Waals surface area contributed by atoms with E-state index in [9.17, 15) is 8.78 Å². The van der Waals surface area contributed by atoms with Gasteiger partial charge in [0.1, 0.15) is 29.1 Å². The summed E-state index contributed by atoms with van der Waals surface area (Å²) in [6.07, 6.45) is 0.632. The number of benzene rings is 2. The number of halogens is 2. The fourth-order valence-electron chi connectivity index (χ4n) is 4.05. The zero-order chi connectivity index (χ0) is 22.1. The molecule has 0 spiro atoms. The largest absolute Gasteiger partial charge is 0.384 e. The van der Waals surface area contributed by atoms with Crippen LogP contribution in [0, 0.1) is 32.4 Å². The van der Waals surface area contributed by atoms with Crippen LogP contribution in [-0.4, -0.2) is 21.5 Å². The third-order valence-electron chi connectivity index (χ3n) is 5.55. The van der Waals surface area contributed by atoms with Crippen LogP contribution < -0.4 is 10.6 Å². The number of aryl methyl sites for hydroxylation is 3. The highest BCUT2D eigenvalue weighted by Crippen LogP contribution is 2.29. The fourth-order valence-corrected chi connectivity index (χ4v) is 4.05. The van der Waals surface area contributed by atoms with Crippen molar-refractivity contribution in [3.63, 3.8) is 0 Å². The lowest BCUT2D eigenvalue weighted by atomic mass is 10.0. The number of fused-ring (bicyclic) bond motifs is 1. The van der Waals surface area contributed by atoms with Gasteiger partial charge in [-0.05, 0) is 50.5 Å². The first-order valence-corrected chi connectivity index (χ1v) is 10.2. The fraction of sp³-hybridized carbons (Fsp3) is 0.250. The molecule has 31 heavy (non-hydrogen) atoms. The summed E-state index contributed by atoms with van der Waals surface area (Å²) in [7, 11) is 0. The first-order valence-electron chi connectivity index (χ1n) is 10.2. The van der Waals surface area contributed by atoms with Gasteiger partial charge in [0.05, 0.1) is 5.52 Å². The molecule has 0 bridgehead atoms. The normalized spacial score (nSPS) is 11.3. The SMILES string of the molecule is Cc1nc(N)cc(N(CCc2c(C)[nH]c3c(F)ccc(C)c23)Cc2ccccc2F)n1. The molecule has 2 aromatic carbocycles. The Kier molecular flexibility index (Phi) is 5.59. The van der Waals surface area contributed by atoms with Crippen LogP contribution in [-0.2, 0) is 13.0 Å². The molecule has 3 N–H and O–H groups in total. The van der Waals surface area contributed by atoms with Gasteiger partial charge < -0.3 is 15.6 Å². The van der Waals surface area contributed by atoms with Gasteiger partial charge in [-0.15, -0.1) is 0 Å². The molecule has 7 heteroatoms. The van der Waals surface area contributed by atoms with Crippen molar-refractivity contribution in [2.24, 2.45) is 0 Å². The Morgan fingerprint density at radius 2 is 1.77 bits per heavy atom. The Labute approximate surface area is 179 Å². The van der Waals surface area contributed by atoms with Crippen molar-refractivity contribution in [3.05, 3.63) is 82.3 Å². The minimum atomic E-state index is -0.271. The molecule has 2 aromatic heterocycles. The molecular weight excluding hydrogens is 396 g/mol. The van der Waals surface area contributed by atoms with Crippen molar-refractivity contribution in [1.82, 2.24) is 15.0 Å². The molecule has 0 saturated heterocycles. The summed E-state index contributed by atoms with van der Waals surface area (Å²) in [6, 6.07) is 11.7. The lowest BCUT2D eigenvalue weighted by molar-refractivity contribution is 0.602. The molecule has 4 aromatic rings. The molecule has 0 aliphatic rings. The number of H-pyrrole nitrogens is 1. The number of nitrogens with two attached hydrogens (primary N) is 1. The maximum absolute atomic E-state index is 14.4. The van der Waals surface area contributed by atoms with E-state index < -0.39 is 0 Å². The van der Waals surface area contributed by atoms with Crippen LogP contribution in [0.5, 0.6) is 0 Å². The molecule has 160 valence electrons. The average molecular weight is 421 g/mol. The molecule has 0 amide bonds. The molecule has 2 heterocycles. The molecule has 0 aliphatic carbocycles. The van der Waals surface area contributed by atoms with Gasteiger partial charge in [-0.25, -0.2) is 18.7 Å². The Morgan fingerprint density at radius 3 is 2.52 bits per heavy atom. The lowest BCUT2D eigenvalue weighted by Gasteiger charge is -2.25. The third kappa shape index (κ3) is 4.21. The number of aromatic amines is 1. The number of nitrogens with one attached hydrogen (secondary N) is 1. The zero-order valence-corrected chi connectivity index (χ0v) is 17.8. The number of hydrogen-bond donors (Lipinski definition) is 2. The van der Waals surface area contributed by atoms with E-state index in [0.717, 1.165) is 22.2 Å². The van der Waals surface area contributed by atoms with E-state index in [-0.39, 0.29) is 11.6 Å². The number of anilines is 2. The maximum Gasteiger partial charge on any atom is 0.147 e. The Morgan fingerprint density at radius 1 is 1.00 bits per heavy atom. The summed E-state index contributed by atoms with van der Waals surface area (Å²) < 4.78 is 28.7. The summed E-state index contributed by atoms with van der Waals surface area (Å²) in [5, 5.41) is 0.904. The molecule has 0 atom stereocenters. The first-order chi connectivity index (χ1) is 14.8. The first kappa shape index (κ1) is 20.8. The lowest BCUT2D eigenvalue weighted by Crippen LogP contribution is -2.27. The summed E-state index contributed by atoms with van der Waals surface area (Å²) in [5.74, 6) is 1.01. The second kappa shape index (κ2) is 8.34. The summed E-state index contributed by atoms with van der Waals surface area (Å²) in [6.45, 7) is 6.58. The second-order valence-corrected chi connectivity index (χ2v) is 7.80. The number of nitrogens with zero attached hydrogens (tertiary/aromatic N) is 3. The monoisotopic (exact) mass is 421 g/mol. The topological polar surface area (TPSA) is 70.8 Å². The average Bonchev–Trinajstić information content (AvgIpc) is 3.06. The molecule has 0 saturated carbocycles. The Hall–Kier alpha value is -3.48. The van der Waals surface area contributed by atoms with Crippen LogP contribution in [0.1, 0.15) is 28.2 Å². The van der Waals surface area contributed by atoms with Crippen molar-refractivity contribution in [2.75, 3.05) is 17.2 Å². The summed E-state index contributed by atoms with van der Waals surface area (Å²) >= 11 is 0. The van der Waals surface area contributed by atoms with Gasteiger partial charge in [0.2, 0.25) is 0 Å². The number of nitrogen functional groups attached to an aromatic ring is 1. The number of hydrogen-bond acceptors (Lipinski definition) is 4. The highest BCUT2D eigenvalue weighted by Gasteiger charge is 2.18. The van der Waals surface area contributed by atoms with E-state index in [4.69, 9.17) is 5.73 Å². The number of aromatic nitrogens is 3. The molecule has 4 rings (SSSR count). The van der Waals surface area contributed by atoms with Gasteiger partial charge in [0.25, 0.3) is 0 Å². The highest BCUT2D eigenvalue weighted by atomic mass is 19.1. The smallest absolute Gasteiger partial charge is 0.147 e. The van der Waals surface area contributed by atoms with Crippen LogP contribution in [0.4, 0.5) is 20.4 Å². The molecule has 0 aliphatic heterocycles. The Bertz CT molecular complexity index is 1230. The van der Waals surface area contributed by atoms with Gasteiger partial charge in [-0.3, -0.25) is 0 Å². The minimum Gasteiger partial charge on any atom is -0.384 e. The van der Waals surface area contributed by atoms with Gasteiger partial charge in [0.15, 0.2) is 0 Å². The standard InChI is InChI=1S/C24H25F2N5/c1-14-8-9-20(26)24-23(14)18(15(2)28-24)10-11-31(13-17-6-4-5-7-19(17)25)22-12-21(27)29-16(3)30-22/h4-9,12,28H,10-11,13H2,1-3H3,(H2,27,29,30). The molecular formula is C24H25F2N5. The van der Waals surface area contributed by atoms with E-state index in [1.807, 2.05) is 24.8 Å². The van der Waals surface area contributed by atoms with Crippen LogP contribution in [0.3, 0.4) is 0 Å². The predicted octanol–water partition coefficient (Wildman–Crippen LogP) is 4.99. The number of rotatable bonds is 6. The summed E-state index contributed by atoms with van der Waals surface area (Å²) in [4.78, 5) is 13.8. The van der Waals surface area contributed by atoms with Crippen molar-refractivity contribution < 1.29 is 8.78 Å². The van der Waals surface area contributed by atoms with Crippen molar-refractivity contribution in [2.45, 2.75) is 33.7 Å². The van der Waals surface area contributed by atoms with E-state index in [2.05, 4.69) is 15.0 Å². The second-order valence-electron chi connectivity index (χ2n) is 7.80. The van der Waals surface area contributed by atoms with Crippen LogP contribution in [0.25, 0.3) is 10.9 Å². The van der Waals surface area contributed by atoms with Gasteiger partial charge >= 0.3 is 0 Å². The van der Waals surface area contributed by atoms with Crippen molar-refractivity contribution in [1.29, 1.82) is 0 Å². The maximum atomic E-state index is 14.4. The molecule has 0 radical (unpaired) electrons. The van der Waals surface area contributed by atoms with Crippen LogP contribution in [0.2, 0.25) is 0 Å². The van der Waals surface area contributed by atoms with Crippen LogP contribution >= 0.6 is 0 Å². The van der Waals surface area contributed by atoms with Crippen LogP contribution in [0.15, 0.2) is 42.5 Å². The quantitative estimate of drug-likeness (QED) is 0.460. The summed E-state index contributed by atoms with van der Waals surface area (Å²) in [5.41, 5.74) is 10.0. The highest BCUT2D eigenvalue weighted by molar-refractivity contribution is 5.88. The van der Waals surface area contributed by atoms with E-state index >= 15 is 0 Å². The molecule has 0 fully saturated rings. The minimum absolute atomic E-state index is 0.266. The predicted molar refractivity (Wildman–Crippen MR) is 120 cm³/mol. The van der Waals surface area contributed by atoms with Gasteiger partial charge in [-0.1, -0.05) is 24.3 Å². The third-order valence-corrected chi connectivity index (χ3v) is 5.55. The van der Waals surface area contributed by atoms with Gasteiger partial charge in [0, 0.05) is 35.8 Å². The molecule has 0 unspecified atom stereocenters. The molecule has 5 nitrogen and oxygen atoms in total. The van der Waals surface area contributed by atoms with E-state index in [1.165, 1.54) is 12.1 Å². The van der Waals surface area contributed by atoms with Crippen molar-refractivity contribution >= 4 is 22.5 Å². The zero-order valence-electron chi connectivity index (χ0n) is 17.8.